The molecule has 1 unspecified atom stereocenters. The van der Waals surface area contributed by atoms with Gasteiger partial charge in [-0.05, 0) is 49.1 Å². The standard InChI is InChI=1S/C18H28N2O/c1-3-18(4-2,13-19)20-17(21)12-14-9-10-15-7-5-6-8-16(15)11-14/h5-8,14H,3-4,9-13,19H2,1-2H3,(H,20,21). The van der Waals surface area contributed by atoms with Crippen LogP contribution in [0.15, 0.2) is 24.3 Å². The average molecular weight is 288 g/mol. The third kappa shape index (κ3) is 3.85. The second kappa shape index (κ2) is 7.08. The van der Waals surface area contributed by atoms with Gasteiger partial charge in [-0.2, -0.15) is 0 Å². The average Bonchev–Trinajstić information content (AvgIpc) is 2.52. The van der Waals surface area contributed by atoms with E-state index < -0.39 is 0 Å². The van der Waals surface area contributed by atoms with E-state index in [9.17, 15) is 4.79 Å². The number of nitrogens with one attached hydrogen (secondary N) is 1. The van der Waals surface area contributed by atoms with E-state index in [-0.39, 0.29) is 11.4 Å². The van der Waals surface area contributed by atoms with Gasteiger partial charge in [0.25, 0.3) is 0 Å². The van der Waals surface area contributed by atoms with Crippen molar-refractivity contribution in [3.8, 4) is 0 Å². The molecule has 3 N–H and O–H groups in total. The molecule has 1 amide bonds. The lowest BCUT2D eigenvalue weighted by molar-refractivity contribution is -0.124. The van der Waals surface area contributed by atoms with Crippen LogP contribution in [0.1, 0.15) is 50.7 Å². The lowest BCUT2D eigenvalue weighted by Gasteiger charge is -2.32. The number of benzene rings is 1. The smallest absolute Gasteiger partial charge is 0.220 e. The van der Waals surface area contributed by atoms with Crippen LogP contribution in [0.25, 0.3) is 0 Å². The first kappa shape index (κ1) is 16.0. The van der Waals surface area contributed by atoms with E-state index in [2.05, 4.69) is 43.4 Å². The lowest BCUT2D eigenvalue weighted by Crippen LogP contribution is -2.53. The molecule has 0 aliphatic heterocycles. The van der Waals surface area contributed by atoms with Crippen LogP contribution in [0.5, 0.6) is 0 Å². The number of amides is 1. The number of fused-ring (bicyclic) bond motifs is 1. The minimum absolute atomic E-state index is 0.161. The summed E-state index contributed by atoms with van der Waals surface area (Å²) >= 11 is 0. The Labute approximate surface area is 128 Å². The van der Waals surface area contributed by atoms with Gasteiger partial charge in [-0.25, -0.2) is 0 Å². The molecule has 116 valence electrons. The predicted octanol–water partition coefficient (Wildman–Crippen LogP) is 2.82. The summed E-state index contributed by atoms with van der Waals surface area (Å²) in [7, 11) is 0. The first-order valence-electron chi connectivity index (χ1n) is 8.20. The number of hydrogen-bond donors (Lipinski definition) is 2. The molecule has 2 rings (SSSR count). The zero-order valence-corrected chi connectivity index (χ0v) is 13.3. The minimum atomic E-state index is -0.219. The molecule has 3 heteroatoms. The van der Waals surface area contributed by atoms with Gasteiger partial charge < -0.3 is 11.1 Å². The van der Waals surface area contributed by atoms with Gasteiger partial charge in [-0.15, -0.1) is 0 Å². The van der Waals surface area contributed by atoms with Crippen LogP contribution in [0.3, 0.4) is 0 Å². The van der Waals surface area contributed by atoms with Crippen molar-refractivity contribution in [2.24, 2.45) is 11.7 Å². The van der Waals surface area contributed by atoms with Gasteiger partial charge in [0, 0.05) is 13.0 Å². The fraction of sp³-hybridized carbons (Fsp3) is 0.611. The quantitative estimate of drug-likeness (QED) is 0.845. The zero-order valence-electron chi connectivity index (χ0n) is 13.3. The third-order valence-electron chi connectivity index (χ3n) is 5.07. The number of nitrogens with two attached hydrogens (primary N) is 1. The van der Waals surface area contributed by atoms with Gasteiger partial charge in [0.15, 0.2) is 0 Å². The molecule has 0 heterocycles. The first-order chi connectivity index (χ1) is 10.1. The number of aryl methyl sites for hydroxylation is 1. The van der Waals surface area contributed by atoms with Crippen LogP contribution < -0.4 is 11.1 Å². The largest absolute Gasteiger partial charge is 0.349 e. The zero-order chi connectivity index (χ0) is 15.3. The number of rotatable bonds is 6. The van der Waals surface area contributed by atoms with Crippen LogP contribution in [-0.4, -0.2) is 18.0 Å². The molecule has 0 saturated heterocycles. The summed E-state index contributed by atoms with van der Waals surface area (Å²) < 4.78 is 0. The molecule has 21 heavy (non-hydrogen) atoms. The molecule has 0 spiro atoms. The molecule has 3 nitrogen and oxygen atoms in total. The molecular formula is C18H28N2O. The van der Waals surface area contributed by atoms with E-state index in [1.54, 1.807) is 0 Å². The van der Waals surface area contributed by atoms with Crippen molar-refractivity contribution < 1.29 is 4.79 Å². The molecule has 0 aromatic heterocycles. The van der Waals surface area contributed by atoms with E-state index in [1.165, 1.54) is 11.1 Å². The Kier molecular flexibility index (Phi) is 5.40. The van der Waals surface area contributed by atoms with Crippen molar-refractivity contribution in [3.05, 3.63) is 35.4 Å². The van der Waals surface area contributed by atoms with Crippen molar-refractivity contribution in [2.75, 3.05) is 6.54 Å². The van der Waals surface area contributed by atoms with Crippen LogP contribution in [0.2, 0.25) is 0 Å². The Morgan fingerprint density at radius 1 is 1.29 bits per heavy atom. The van der Waals surface area contributed by atoms with Crippen LogP contribution in [0, 0.1) is 5.92 Å². The SMILES string of the molecule is CCC(CC)(CN)NC(=O)CC1CCc2ccccc2C1. The Balaban J connectivity index is 1.92. The fourth-order valence-corrected chi connectivity index (χ4v) is 3.32. The van der Waals surface area contributed by atoms with Crippen molar-refractivity contribution in [1.82, 2.24) is 5.32 Å². The predicted molar refractivity (Wildman–Crippen MR) is 87.1 cm³/mol. The highest BCUT2D eigenvalue weighted by atomic mass is 16.1. The topological polar surface area (TPSA) is 55.1 Å². The van der Waals surface area contributed by atoms with Crippen molar-refractivity contribution in [1.29, 1.82) is 0 Å². The fourth-order valence-electron chi connectivity index (χ4n) is 3.32. The second-order valence-corrected chi connectivity index (χ2v) is 6.32. The molecule has 0 radical (unpaired) electrons. The molecule has 0 saturated carbocycles. The summed E-state index contributed by atoms with van der Waals surface area (Å²) in [5, 5.41) is 3.19. The lowest BCUT2D eigenvalue weighted by atomic mass is 9.82. The van der Waals surface area contributed by atoms with E-state index >= 15 is 0 Å². The summed E-state index contributed by atoms with van der Waals surface area (Å²) in [6.07, 6.45) is 5.63. The second-order valence-electron chi connectivity index (χ2n) is 6.32. The number of carbonyl (C=O) groups is 1. The van der Waals surface area contributed by atoms with Crippen molar-refractivity contribution in [3.63, 3.8) is 0 Å². The normalized spacial score (nSPS) is 18.1. The van der Waals surface area contributed by atoms with Gasteiger partial charge in [0.05, 0.1) is 5.54 Å². The van der Waals surface area contributed by atoms with Gasteiger partial charge in [-0.1, -0.05) is 38.1 Å². The molecule has 0 bridgehead atoms. The molecule has 1 atom stereocenters. The van der Waals surface area contributed by atoms with Crippen molar-refractivity contribution >= 4 is 5.91 Å². The maximum absolute atomic E-state index is 12.3. The summed E-state index contributed by atoms with van der Waals surface area (Å²) in [6.45, 7) is 4.69. The van der Waals surface area contributed by atoms with Crippen LogP contribution in [0.4, 0.5) is 0 Å². The molecular weight excluding hydrogens is 260 g/mol. The van der Waals surface area contributed by atoms with E-state index in [0.29, 0.717) is 18.9 Å². The Hall–Kier alpha value is -1.35. The molecule has 1 aliphatic carbocycles. The minimum Gasteiger partial charge on any atom is -0.349 e. The van der Waals surface area contributed by atoms with E-state index in [1.807, 2.05) is 0 Å². The summed E-state index contributed by atoms with van der Waals surface area (Å²) in [5.74, 6) is 0.623. The molecule has 1 aromatic carbocycles. The van der Waals surface area contributed by atoms with Crippen LogP contribution >= 0.6 is 0 Å². The molecule has 1 aromatic rings. The monoisotopic (exact) mass is 288 g/mol. The Bertz CT molecular complexity index is 472. The number of carbonyl (C=O) groups excluding carboxylic acids is 1. The maximum Gasteiger partial charge on any atom is 0.220 e. The van der Waals surface area contributed by atoms with Gasteiger partial charge >= 0.3 is 0 Å². The Morgan fingerprint density at radius 3 is 2.57 bits per heavy atom. The highest BCUT2D eigenvalue weighted by Gasteiger charge is 2.28. The van der Waals surface area contributed by atoms with Crippen LogP contribution in [-0.2, 0) is 17.6 Å². The highest BCUT2D eigenvalue weighted by molar-refractivity contribution is 5.77. The summed E-state index contributed by atoms with van der Waals surface area (Å²) in [6, 6.07) is 8.60. The Morgan fingerprint density at radius 2 is 1.95 bits per heavy atom. The summed E-state index contributed by atoms with van der Waals surface area (Å²) in [5.41, 5.74) is 8.51. The van der Waals surface area contributed by atoms with Gasteiger partial charge in [0.2, 0.25) is 5.91 Å². The molecule has 1 aliphatic rings. The van der Waals surface area contributed by atoms with Gasteiger partial charge in [-0.3, -0.25) is 4.79 Å². The van der Waals surface area contributed by atoms with Crippen molar-refractivity contribution in [2.45, 2.75) is 57.9 Å². The first-order valence-corrected chi connectivity index (χ1v) is 8.20. The number of hydrogen-bond acceptors (Lipinski definition) is 2. The van der Waals surface area contributed by atoms with E-state index in [0.717, 1.165) is 32.1 Å². The molecule has 0 fully saturated rings. The van der Waals surface area contributed by atoms with Gasteiger partial charge in [0.1, 0.15) is 0 Å². The summed E-state index contributed by atoms with van der Waals surface area (Å²) in [4.78, 5) is 12.3. The van der Waals surface area contributed by atoms with E-state index in [4.69, 9.17) is 5.73 Å². The maximum atomic E-state index is 12.3. The third-order valence-corrected chi connectivity index (χ3v) is 5.07. The highest BCUT2D eigenvalue weighted by Crippen LogP contribution is 2.27.